The van der Waals surface area contributed by atoms with Gasteiger partial charge in [0.1, 0.15) is 6.04 Å². The quantitative estimate of drug-likeness (QED) is 0.613. The van der Waals surface area contributed by atoms with Crippen molar-refractivity contribution >= 4 is 5.97 Å². The fourth-order valence-electron chi connectivity index (χ4n) is 1.70. The van der Waals surface area contributed by atoms with Crippen molar-refractivity contribution in [2.75, 3.05) is 7.11 Å². The molecule has 1 rings (SSSR count). The van der Waals surface area contributed by atoms with Crippen molar-refractivity contribution in [2.24, 2.45) is 0 Å². The van der Waals surface area contributed by atoms with Gasteiger partial charge in [0, 0.05) is 6.04 Å². The largest absolute Gasteiger partial charge is 0.468 e. The molecule has 0 saturated heterocycles. The molecule has 0 aliphatic heterocycles. The first-order valence-electron chi connectivity index (χ1n) is 4.67. The molecule has 0 aromatic heterocycles. The van der Waals surface area contributed by atoms with E-state index in [1.165, 1.54) is 7.11 Å². The maximum Gasteiger partial charge on any atom is 0.322 e. The number of ether oxygens (including phenoxy) is 1. The smallest absolute Gasteiger partial charge is 0.322 e. The molecular formula is C9H17NO3. The lowest BCUT2D eigenvalue weighted by atomic mass is 10.2. The molecule has 1 aliphatic carbocycles. The van der Waals surface area contributed by atoms with Gasteiger partial charge in [-0.15, -0.1) is 0 Å². The minimum atomic E-state index is -0.331. The standard InChI is InChI=1S/C9H17NO3/c1-6(9(12)13-2)10-7-4-3-5-8(7)11/h6-8,10-11H,3-5H2,1-2H3/t6?,7-,8-/m0/s1. The molecule has 0 aromatic carbocycles. The van der Waals surface area contributed by atoms with Crippen molar-refractivity contribution in [3.8, 4) is 0 Å². The molecule has 0 bridgehead atoms. The summed E-state index contributed by atoms with van der Waals surface area (Å²) in [5.74, 6) is -0.279. The van der Waals surface area contributed by atoms with Crippen LogP contribution < -0.4 is 5.32 Å². The van der Waals surface area contributed by atoms with Crippen LogP contribution in [-0.4, -0.2) is 36.4 Å². The van der Waals surface area contributed by atoms with E-state index in [4.69, 9.17) is 0 Å². The average Bonchev–Trinajstić information content (AvgIpc) is 2.50. The predicted molar refractivity (Wildman–Crippen MR) is 48.3 cm³/mol. The van der Waals surface area contributed by atoms with Crippen molar-refractivity contribution < 1.29 is 14.6 Å². The van der Waals surface area contributed by atoms with Gasteiger partial charge in [0.2, 0.25) is 0 Å². The van der Waals surface area contributed by atoms with Crippen LogP contribution in [0.15, 0.2) is 0 Å². The monoisotopic (exact) mass is 187 g/mol. The molecule has 1 unspecified atom stereocenters. The molecule has 13 heavy (non-hydrogen) atoms. The van der Waals surface area contributed by atoms with E-state index in [0.29, 0.717) is 0 Å². The van der Waals surface area contributed by atoms with Gasteiger partial charge in [-0.2, -0.15) is 0 Å². The van der Waals surface area contributed by atoms with Crippen LogP contribution in [-0.2, 0) is 9.53 Å². The van der Waals surface area contributed by atoms with Crippen LogP contribution >= 0.6 is 0 Å². The SMILES string of the molecule is COC(=O)C(C)N[C@H]1CCC[C@@H]1O. The minimum absolute atomic E-state index is 0.0501. The van der Waals surface area contributed by atoms with E-state index in [1.807, 2.05) is 0 Å². The highest BCUT2D eigenvalue weighted by Gasteiger charge is 2.28. The molecule has 0 amide bonds. The highest BCUT2D eigenvalue weighted by molar-refractivity contribution is 5.75. The van der Waals surface area contributed by atoms with E-state index >= 15 is 0 Å². The molecule has 3 atom stereocenters. The zero-order valence-corrected chi connectivity index (χ0v) is 8.12. The molecule has 1 fully saturated rings. The fourth-order valence-corrected chi connectivity index (χ4v) is 1.70. The summed E-state index contributed by atoms with van der Waals surface area (Å²) in [6, 6.07) is -0.281. The number of methoxy groups -OCH3 is 1. The molecule has 4 nitrogen and oxygen atoms in total. The molecule has 4 heteroatoms. The molecule has 0 spiro atoms. The maximum atomic E-state index is 11.0. The Morgan fingerprint density at radius 3 is 2.77 bits per heavy atom. The summed E-state index contributed by atoms with van der Waals surface area (Å²) < 4.78 is 4.57. The van der Waals surface area contributed by atoms with E-state index in [1.54, 1.807) is 6.92 Å². The second-order valence-corrected chi connectivity index (χ2v) is 3.52. The van der Waals surface area contributed by atoms with Crippen molar-refractivity contribution in [1.29, 1.82) is 0 Å². The number of rotatable bonds is 3. The van der Waals surface area contributed by atoms with E-state index in [-0.39, 0.29) is 24.2 Å². The minimum Gasteiger partial charge on any atom is -0.468 e. The molecule has 0 heterocycles. The summed E-state index contributed by atoms with van der Waals surface area (Å²) in [5, 5.41) is 12.5. The number of esters is 1. The van der Waals surface area contributed by atoms with Gasteiger partial charge >= 0.3 is 5.97 Å². The summed E-state index contributed by atoms with van der Waals surface area (Å²) in [5.41, 5.74) is 0. The third-order valence-electron chi connectivity index (χ3n) is 2.50. The Labute approximate surface area is 78.3 Å². The van der Waals surface area contributed by atoms with E-state index in [2.05, 4.69) is 10.1 Å². The van der Waals surface area contributed by atoms with Gasteiger partial charge in [0.25, 0.3) is 0 Å². The zero-order valence-electron chi connectivity index (χ0n) is 8.12. The van der Waals surface area contributed by atoms with E-state index in [9.17, 15) is 9.90 Å². The Bertz CT molecular complexity index is 184. The van der Waals surface area contributed by atoms with Gasteiger partial charge in [-0.1, -0.05) is 0 Å². The second-order valence-electron chi connectivity index (χ2n) is 3.52. The number of hydrogen-bond donors (Lipinski definition) is 2. The van der Waals surface area contributed by atoms with Gasteiger partial charge in [0.15, 0.2) is 0 Å². The highest BCUT2D eigenvalue weighted by atomic mass is 16.5. The lowest BCUT2D eigenvalue weighted by Crippen LogP contribution is -2.45. The van der Waals surface area contributed by atoms with Crippen LogP contribution in [0.4, 0.5) is 0 Å². The second kappa shape index (κ2) is 4.58. The summed E-state index contributed by atoms with van der Waals surface area (Å²) >= 11 is 0. The number of carbonyl (C=O) groups excluding carboxylic acids is 1. The first kappa shape index (κ1) is 10.5. The number of aliphatic hydroxyl groups excluding tert-OH is 1. The number of nitrogens with one attached hydrogen (secondary N) is 1. The Balaban J connectivity index is 2.34. The summed E-state index contributed by atoms with van der Waals surface area (Å²) in [7, 11) is 1.37. The lowest BCUT2D eigenvalue weighted by Gasteiger charge is -2.20. The molecule has 0 radical (unpaired) electrons. The van der Waals surface area contributed by atoms with Crippen LogP contribution in [0.2, 0.25) is 0 Å². The summed E-state index contributed by atoms with van der Waals surface area (Å²) in [4.78, 5) is 11.0. The normalized spacial score (nSPS) is 30.1. The van der Waals surface area contributed by atoms with Crippen LogP contribution in [0.5, 0.6) is 0 Å². The summed E-state index contributed by atoms with van der Waals surface area (Å²) in [6.07, 6.45) is 2.47. The van der Waals surface area contributed by atoms with Crippen LogP contribution in [0.25, 0.3) is 0 Å². The lowest BCUT2D eigenvalue weighted by molar-refractivity contribution is -0.143. The molecule has 1 aliphatic rings. The van der Waals surface area contributed by atoms with Crippen molar-refractivity contribution in [1.82, 2.24) is 5.32 Å². The number of aliphatic hydroxyl groups is 1. The number of carbonyl (C=O) groups is 1. The van der Waals surface area contributed by atoms with Crippen molar-refractivity contribution in [2.45, 2.75) is 44.4 Å². The molecule has 1 saturated carbocycles. The highest BCUT2D eigenvalue weighted by Crippen LogP contribution is 2.19. The first-order valence-corrected chi connectivity index (χ1v) is 4.67. The molecular weight excluding hydrogens is 170 g/mol. The van der Waals surface area contributed by atoms with Crippen LogP contribution in [0.3, 0.4) is 0 Å². The Morgan fingerprint density at radius 1 is 1.62 bits per heavy atom. The molecule has 0 aromatic rings. The van der Waals surface area contributed by atoms with Gasteiger partial charge in [-0.3, -0.25) is 10.1 Å². The maximum absolute atomic E-state index is 11.0. The van der Waals surface area contributed by atoms with Gasteiger partial charge in [-0.05, 0) is 26.2 Å². The zero-order chi connectivity index (χ0) is 9.84. The predicted octanol–water partition coefficient (Wildman–Crippen LogP) is 0.0509. The van der Waals surface area contributed by atoms with E-state index < -0.39 is 0 Å². The Morgan fingerprint density at radius 2 is 2.31 bits per heavy atom. The van der Waals surface area contributed by atoms with Crippen LogP contribution in [0.1, 0.15) is 26.2 Å². The Kier molecular flexibility index (Phi) is 3.69. The molecule has 76 valence electrons. The topological polar surface area (TPSA) is 58.6 Å². The van der Waals surface area contributed by atoms with Crippen molar-refractivity contribution in [3.05, 3.63) is 0 Å². The number of hydrogen-bond acceptors (Lipinski definition) is 4. The third kappa shape index (κ3) is 2.67. The van der Waals surface area contributed by atoms with Gasteiger partial charge in [0.05, 0.1) is 13.2 Å². The molecule has 2 N–H and O–H groups in total. The average molecular weight is 187 g/mol. The fraction of sp³-hybridized carbons (Fsp3) is 0.889. The van der Waals surface area contributed by atoms with E-state index in [0.717, 1.165) is 19.3 Å². The third-order valence-corrected chi connectivity index (χ3v) is 2.50. The van der Waals surface area contributed by atoms with Gasteiger partial charge < -0.3 is 9.84 Å². The summed E-state index contributed by atoms with van der Waals surface area (Å²) in [6.45, 7) is 1.75. The van der Waals surface area contributed by atoms with Crippen LogP contribution in [0, 0.1) is 0 Å². The Hall–Kier alpha value is -0.610. The van der Waals surface area contributed by atoms with Gasteiger partial charge in [-0.25, -0.2) is 0 Å². The first-order chi connectivity index (χ1) is 6.15. The van der Waals surface area contributed by atoms with Crippen molar-refractivity contribution in [3.63, 3.8) is 0 Å².